The number of hydrogen-bond acceptors (Lipinski definition) is 5. The molecule has 2 N–H and O–H groups in total. The summed E-state index contributed by atoms with van der Waals surface area (Å²) in [6.45, 7) is 1.90. The van der Waals surface area contributed by atoms with E-state index in [1.165, 1.54) is 12.6 Å². The first-order valence-corrected chi connectivity index (χ1v) is 5.33. The largest absolute Gasteiger partial charge is 0.393 e. The molecule has 2 heterocycles. The highest BCUT2D eigenvalue weighted by atomic mass is 16.6. The van der Waals surface area contributed by atoms with Crippen LogP contribution in [0.5, 0.6) is 0 Å². The van der Waals surface area contributed by atoms with Crippen LogP contribution in [0.3, 0.4) is 0 Å². The number of nitrogens with two attached hydrogens (primary N) is 1. The molecule has 0 unspecified atom stereocenters. The molecule has 86 valence electrons. The second kappa shape index (κ2) is 4.34. The Hall–Kier alpha value is -1.85. The number of nitro groups is 1. The maximum Gasteiger partial charge on any atom is 0.310 e. The van der Waals surface area contributed by atoms with Crippen LogP contribution in [0, 0.1) is 10.1 Å². The first-order chi connectivity index (χ1) is 7.68. The van der Waals surface area contributed by atoms with Crippen molar-refractivity contribution in [1.82, 2.24) is 4.98 Å². The molecule has 0 bridgehead atoms. The van der Waals surface area contributed by atoms with Gasteiger partial charge in [0.05, 0.1) is 4.92 Å². The van der Waals surface area contributed by atoms with E-state index in [2.05, 4.69) is 9.88 Å². The summed E-state index contributed by atoms with van der Waals surface area (Å²) < 4.78 is 0. The maximum atomic E-state index is 10.6. The normalized spacial score (nSPS) is 16.1. The van der Waals surface area contributed by atoms with Gasteiger partial charge in [-0.2, -0.15) is 0 Å². The highest BCUT2D eigenvalue weighted by Gasteiger charge is 2.17. The van der Waals surface area contributed by atoms with Gasteiger partial charge in [-0.05, 0) is 19.3 Å². The van der Waals surface area contributed by atoms with E-state index in [1.54, 1.807) is 6.07 Å². The zero-order valence-corrected chi connectivity index (χ0v) is 8.93. The average molecular weight is 222 g/mol. The summed E-state index contributed by atoms with van der Waals surface area (Å²) in [4.78, 5) is 16.3. The molecule has 1 aliphatic rings. The van der Waals surface area contributed by atoms with Crippen LogP contribution in [0.2, 0.25) is 0 Å². The molecule has 16 heavy (non-hydrogen) atoms. The fourth-order valence-corrected chi connectivity index (χ4v) is 1.90. The van der Waals surface area contributed by atoms with Crippen LogP contribution in [-0.4, -0.2) is 23.0 Å². The van der Waals surface area contributed by atoms with E-state index >= 15 is 0 Å². The molecule has 1 fully saturated rings. The average Bonchev–Trinajstić information content (AvgIpc) is 2.29. The number of aromatic nitrogens is 1. The van der Waals surface area contributed by atoms with Gasteiger partial charge in [0.1, 0.15) is 17.7 Å². The van der Waals surface area contributed by atoms with Crippen LogP contribution in [0.1, 0.15) is 19.3 Å². The maximum absolute atomic E-state index is 10.6. The van der Waals surface area contributed by atoms with Gasteiger partial charge in [0.15, 0.2) is 0 Å². The lowest BCUT2D eigenvalue weighted by Crippen LogP contribution is -2.30. The van der Waals surface area contributed by atoms with Crippen LogP contribution in [0.15, 0.2) is 12.3 Å². The molecular weight excluding hydrogens is 208 g/mol. The van der Waals surface area contributed by atoms with E-state index in [4.69, 9.17) is 5.73 Å². The number of nitrogens with zero attached hydrogens (tertiary/aromatic N) is 3. The minimum absolute atomic E-state index is 0.124. The van der Waals surface area contributed by atoms with E-state index in [-0.39, 0.29) is 11.4 Å². The third kappa shape index (κ3) is 2.05. The molecule has 0 aromatic carbocycles. The topological polar surface area (TPSA) is 85.3 Å². The number of hydrogen-bond donors (Lipinski definition) is 1. The van der Waals surface area contributed by atoms with Gasteiger partial charge < -0.3 is 10.6 Å². The predicted octanol–water partition coefficient (Wildman–Crippen LogP) is 1.56. The number of nitrogen functional groups attached to an aromatic ring is 1. The van der Waals surface area contributed by atoms with Gasteiger partial charge in [0.2, 0.25) is 0 Å². The van der Waals surface area contributed by atoms with Crippen molar-refractivity contribution in [2.45, 2.75) is 19.3 Å². The van der Waals surface area contributed by atoms with Gasteiger partial charge in [0, 0.05) is 19.2 Å². The molecule has 2 rings (SSSR count). The smallest absolute Gasteiger partial charge is 0.310 e. The predicted molar refractivity (Wildman–Crippen MR) is 61.4 cm³/mol. The Morgan fingerprint density at radius 1 is 1.38 bits per heavy atom. The zero-order valence-electron chi connectivity index (χ0n) is 8.93. The molecule has 1 aromatic rings. The summed E-state index contributed by atoms with van der Waals surface area (Å²) in [5.74, 6) is 0.739. The van der Waals surface area contributed by atoms with Crippen molar-refractivity contribution >= 4 is 17.2 Å². The molecule has 0 amide bonds. The lowest BCUT2D eigenvalue weighted by molar-refractivity contribution is -0.384. The Kier molecular flexibility index (Phi) is 2.89. The van der Waals surface area contributed by atoms with E-state index in [1.807, 2.05) is 0 Å². The quantitative estimate of drug-likeness (QED) is 0.606. The molecule has 0 radical (unpaired) electrons. The molecule has 0 saturated carbocycles. The lowest BCUT2D eigenvalue weighted by Gasteiger charge is -2.27. The van der Waals surface area contributed by atoms with E-state index in [0.29, 0.717) is 0 Å². The van der Waals surface area contributed by atoms with Crippen LogP contribution >= 0.6 is 0 Å². The van der Waals surface area contributed by atoms with Crippen LogP contribution < -0.4 is 10.6 Å². The van der Waals surface area contributed by atoms with Gasteiger partial charge >= 0.3 is 5.69 Å². The van der Waals surface area contributed by atoms with Gasteiger partial charge in [-0.3, -0.25) is 10.1 Å². The highest BCUT2D eigenvalue weighted by Crippen LogP contribution is 2.25. The molecule has 0 atom stereocenters. The van der Waals surface area contributed by atoms with Crippen molar-refractivity contribution in [1.29, 1.82) is 0 Å². The SMILES string of the molecule is Nc1cc(N2CCCCC2)ncc1[N+](=O)[O-]. The Bertz CT molecular complexity index is 402. The molecule has 1 aliphatic heterocycles. The molecular formula is C10H14N4O2. The van der Waals surface area contributed by atoms with Crippen molar-refractivity contribution in [3.05, 3.63) is 22.4 Å². The first-order valence-electron chi connectivity index (χ1n) is 5.33. The number of pyridine rings is 1. The number of anilines is 2. The summed E-state index contributed by atoms with van der Waals surface area (Å²) >= 11 is 0. The molecule has 1 aromatic heterocycles. The first kappa shape index (κ1) is 10.7. The zero-order chi connectivity index (χ0) is 11.5. The van der Waals surface area contributed by atoms with Gasteiger partial charge in [-0.25, -0.2) is 4.98 Å². The van der Waals surface area contributed by atoms with Gasteiger partial charge in [0.25, 0.3) is 0 Å². The number of rotatable bonds is 2. The molecule has 6 heteroatoms. The summed E-state index contributed by atoms with van der Waals surface area (Å²) in [5, 5.41) is 10.6. The Morgan fingerprint density at radius 2 is 2.06 bits per heavy atom. The van der Waals surface area contributed by atoms with Gasteiger partial charge in [-0.15, -0.1) is 0 Å². The summed E-state index contributed by atoms with van der Waals surface area (Å²) in [7, 11) is 0. The van der Waals surface area contributed by atoms with Crippen molar-refractivity contribution in [3.8, 4) is 0 Å². The summed E-state index contributed by atoms with van der Waals surface area (Å²) in [6, 6.07) is 1.59. The Labute approximate surface area is 93.2 Å². The monoisotopic (exact) mass is 222 g/mol. The van der Waals surface area contributed by atoms with Crippen molar-refractivity contribution < 1.29 is 4.92 Å². The van der Waals surface area contributed by atoms with Crippen molar-refractivity contribution in [3.63, 3.8) is 0 Å². The van der Waals surface area contributed by atoms with E-state index < -0.39 is 4.92 Å². The third-order valence-electron chi connectivity index (χ3n) is 2.78. The van der Waals surface area contributed by atoms with Crippen LogP contribution in [-0.2, 0) is 0 Å². The summed E-state index contributed by atoms with van der Waals surface area (Å²) in [5.41, 5.74) is 5.68. The molecule has 0 aliphatic carbocycles. The van der Waals surface area contributed by atoms with E-state index in [9.17, 15) is 10.1 Å². The van der Waals surface area contributed by atoms with Gasteiger partial charge in [-0.1, -0.05) is 0 Å². The van der Waals surface area contributed by atoms with Crippen LogP contribution in [0.25, 0.3) is 0 Å². The van der Waals surface area contributed by atoms with Crippen molar-refractivity contribution in [2.24, 2.45) is 0 Å². The fourth-order valence-electron chi connectivity index (χ4n) is 1.90. The van der Waals surface area contributed by atoms with Crippen LogP contribution in [0.4, 0.5) is 17.2 Å². The minimum atomic E-state index is -0.512. The number of piperidine rings is 1. The van der Waals surface area contributed by atoms with E-state index in [0.717, 1.165) is 31.7 Å². The molecule has 0 spiro atoms. The third-order valence-corrected chi connectivity index (χ3v) is 2.78. The Balaban J connectivity index is 2.23. The van der Waals surface area contributed by atoms with Crippen molar-refractivity contribution in [2.75, 3.05) is 23.7 Å². The Morgan fingerprint density at radius 3 is 2.62 bits per heavy atom. The second-order valence-corrected chi connectivity index (χ2v) is 3.91. The standard InChI is InChI=1S/C10H14N4O2/c11-8-6-10(12-7-9(8)14(15)16)13-4-2-1-3-5-13/h6-7H,1-5H2,(H2,11,12). The second-order valence-electron chi connectivity index (χ2n) is 3.91. The fraction of sp³-hybridized carbons (Fsp3) is 0.500. The lowest BCUT2D eigenvalue weighted by atomic mass is 10.1. The molecule has 6 nitrogen and oxygen atoms in total. The minimum Gasteiger partial charge on any atom is -0.393 e. The summed E-state index contributed by atoms with van der Waals surface area (Å²) in [6.07, 6.45) is 4.75. The molecule has 1 saturated heterocycles. The highest BCUT2D eigenvalue weighted by molar-refractivity contribution is 5.62.